The minimum atomic E-state index is -0.125. The Kier molecular flexibility index (Phi) is 6.10. The normalized spacial score (nSPS) is 14.8. The molecule has 0 aliphatic carbocycles. The van der Waals surface area contributed by atoms with Crippen LogP contribution in [0.3, 0.4) is 0 Å². The number of hydrogen-bond donors (Lipinski definition) is 1. The molecule has 0 aromatic carbocycles. The van der Waals surface area contributed by atoms with E-state index >= 15 is 0 Å². The van der Waals surface area contributed by atoms with Crippen LogP contribution in [0.4, 0.5) is 0 Å². The molecule has 17 heavy (non-hydrogen) atoms. The van der Waals surface area contributed by atoms with Crippen LogP contribution in [0.1, 0.15) is 38.1 Å². The van der Waals surface area contributed by atoms with E-state index in [1.54, 1.807) is 7.11 Å². The quantitative estimate of drug-likeness (QED) is 0.735. The number of hydrogen-bond acceptors (Lipinski definition) is 6. The van der Waals surface area contributed by atoms with E-state index in [0.29, 0.717) is 31.3 Å². The van der Waals surface area contributed by atoms with E-state index in [2.05, 4.69) is 10.1 Å². The molecule has 2 unspecified atom stereocenters. The van der Waals surface area contributed by atoms with Gasteiger partial charge >= 0.3 is 0 Å². The van der Waals surface area contributed by atoms with Gasteiger partial charge in [-0.2, -0.15) is 4.98 Å². The smallest absolute Gasteiger partial charge is 0.228 e. The summed E-state index contributed by atoms with van der Waals surface area (Å²) in [5.74, 6) is 1.12. The third-order valence-corrected chi connectivity index (χ3v) is 2.33. The number of methoxy groups -OCH3 is 1. The fraction of sp³-hybridized carbons (Fsp3) is 0.818. The predicted octanol–water partition coefficient (Wildman–Crippen LogP) is 1.07. The van der Waals surface area contributed by atoms with Crippen molar-refractivity contribution in [3.63, 3.8) is 0 Å². The highest BCUT2D eigenvalue weighted by atomic mass is 16.5. The summed E-state index contributed by atoms with van der Waals surface area (Å²) in [4.78, 5) is 4.28. The molecular weight excluding hydrogens is 222 g/mol. The van der Waals surface area contributed by atoms with Crippen LogP contribution < -0.4 is 5.73 Å². The van der Waals surface area contributed by atoms with Crippen molar-refractivity contribution in [3.8, 4) is 0 Å². The van der Waals surface area contributed by atoms with Crippen molar-refractivity contribution in [2.45, 2.75) is 38.8 Å². The van der Waals surface area contributed by atoms with Gasteiger partial charge < -0.3 is 19.7 Å². The zero-order valence-electron chi connectivity index (χ0n) is 10.7. The van der Waals surface area contributed by atoms with Crippen LogP contribution in [-0.4, -0.2) is 36.5 Å². The van der Waals surface area contributed by atoms with Gasteiger partial charge in [-0.1, -0.05) is 12.1 Å². The Bertz CT molecular complexity index is 317. The summed E-state index contributed by atoms with van der Waals surface area (Å²) < 4.78 is 15.6. The van der Waals surface area contributed by atoms with Crippen molar-refractivity contribution >= 4 is 0 Å². The second-order valence-electron chi connectivity index (χ2n) is 3.82. The molecule has 6 heteroatoms. The average Bonchev–Trinajstić information content (AvgIpc) is 2.74. The largest absolute Gasteiger partial charge is 0.383 e. The Labute approximate surface area is 101 Å². The third-order valence-electron chi connectivity index (χ3n) is 2.33. The first kappa shape index (κ1) is 14.1. The highest BCUT2D eigenvalue weighted by molar-refractivity contribution is 4.92. The van der Waals surface area contributed by atoms with Crippen LogP contribution in [0.5, 0.6) is 0 Å². The van der Waals surface area contributed by atoms with Gasteiger partial charge in [-0.15, -0.1) is 0 Å². The first-order valence-corrected chi connectivity index (χ1v) is 5.89. The van der Waals surface area contributed by atoms with E-state index in [9.17, 15) is 0 Å². The number of nitrogens with zero attached hydrogens (tertiary/aromatic N) is 2. The van der Waals surface area contributed by atoms with Crippen LogP contribution >= 0.6 is 0 Å². The highest BCUT2D eigenvalue weighted by Gasteiger charge is 2.17. The molecule has 1 heterocycles. The van der Waals surface area contributed by atoms with Crippen molar-refractivity contribution < 1.29 is 14.0 Å². The first-order chi connectivity index (χ1) is 8.21. The molecule has 0 bridgehead atoms. The molecule has 0 aliphatic rings. The van der Waals surface area contributed by atoms with E-state index < -0.39 is 0 Å². The second kappa shape index (κ2) is 7.37. The van der Waals surface area contributed by atoms with Gasteiger partial charge in [0.2, 0.25) is 11.7 Å². The SMILES string of the molecule is CCOC(CC)c1noc(CC(N)COC)n1. The Morgan fingerprint density at radius 2 is 2.18 bits per heavy atom. The van der Waals surface area contributed by atoms with Gasteiger partial charge in [-0.05, 0) is 13.3 Å². The van der Waals surface area contributed by atoms with Crippen molar-refractivity contribution in [3.05, 3.63) is 11.7 Å². The lowest BCUT2D eigenvalue weighted by atomic mass is 10.2. The summed E-state index contributed by atoms with van der Waals surface area (Å²) in [5, 5.41) is 3.91. The van der Waals surface area contributed by atoms with E-state index in [0.717, 1.165) is 6.42 Å². The summed E-state index contributed by atoms with van der Waals surface area (Å²) in [6, 6.07) is -0.125. The zero-order valence-corrected chi connectivity index (χ0v) is 10.7. The van der Waals surface area contributed by atoms with Gasteiger partial charge in [-0.25, -0.2) is 0 Å². The maximum atomic E-state index is 5.81. The van der Waals surface area contributed by atoms with E-state index in [1.165, 1.54) is 0 Å². The molecule has 0 spiro atoms. The topological polar surface area (TPSA) is 83.4 Å². The molecule has 6 nitrogen and oxygen atoms in total. The Hall–Kier alpha value is -0.980. The lowest BCUT2D eigenvalue weighted by molar-refractivity contribution is 0.0518. The monoisotopic (exact) mass is 243 g/mol. The van der Waals surface area contributed by atoms with Crippen molar-refractivity contribution in [1.82, 2.24) is 10.1 Å². The highest BCUT2D eigenvalue weighted by Crippen LogP contribution is 2.17. The molecule has 0 aliphatic heterocycles. The van der Waals surface area contributed by atoms with Crippen molar-refractivity contribution in [2.75, 3.05) is 20.3 Å². The predicted molar refractivity (Wildman–Crippen MR) is 62.5 cm³/mol. The zero-order chi connectivity index (χ0) is 12.7. The minimum Gasteiger partial charge on any atom is -0.383 e. The fourth-order valence-corrected chi connectivity index (χ4v) is 1.56. The van der Waals surface area contributed by atoms with Crippen LogP contribution in [-0.2, 0) is 15.9 Å². The van der Waals surface area contributed by atoms with E-state index in [1.807, 2.05) is 13.8 Å². The molecule has 1 aromatic heterocycles. The summed E-state index contributed by atoms with van der Waals surface area (Å²) >= 11 is 0. The molecule has 0 amide bonds. The molecule has 0 fully saturated rings. The second-order valence-corrected chi connectivity index (χ2v) is 3.82. The minimum absolute atomic E-state index is 0.101. The van der Waals surface area contributed by atoms with Crippen LogP contribution in [0.25, 0.3) is 0 Å². The maximum Gasteiger partial charge on any atom is 0.228 e. The molecular formula is C11H21N3O3. The van der Waals surface area contributed by atoms with Crippen molar-refractivity contribution in [2.24, 2.45) is 5.73 Å². The van der Waals surface area contributed by atoms with Crippen LogP contribution in [0.15, 0.2) is 4.52 Å². The average molecular weight is 243 g/mol. The van der Waals surface area contributed by atoms with Gasteiger partial charge in [0, 0.05) is 26.2 Å². The molecule has 2 atom stereocenters. The lowest BCUT2D eigenvalue weighted by Gasteiger charge is -2.09. The summed E-state index contributed by atoms with van der Waals surface area (Å²) in [6.07, 6.45) is 1.23. The molecule has 0 radical (unpaired) electrons. The molecule has 2 N–H and O–H groups in total. The first-order valence-electron chi connectivity index (χ1n) is 5.89. The fourth-order valence-electron chi connectivity index (χ4n) is 1.56. The molecule has 0 saturated carbocycles. The van der Waals surface area contributed by atoms with Crippen LogP contribution in [0.2, 0.25) is 0 Å². The Morgan fingerprint density at radius 1 is 1.41 bits per heavy atom. The molecule has 1 rings (SSSR count). The van der Waals surface area contributed by atoms with E-state index in [4.69, 9.17) is 19.7 Å². The summed E-state index contributed by atoms with van der Waals surface area (Å²) in [5.41, 5.74) is 5.81. The van der Waals surface area contributed by atoms with E-state index in [-0.39, 0.29) is 12.1 Å². The lowest BCUT2D eigenvalue weighted by Crippen LogP contribution is -2.28. The molecule has 1 aromatic rings. The van der Waals surface area contributed by atoms with Crippen molar-refractivity contribution in [1.29, 1.82) is 0 Å². The molecule has 98 valence electrons. The van der Waals surface area contributed by atoms with Gasteiger partial charge in [0.1, 0.15) is 6.10 Å². The number of ether oxygens (including phenoxy) is 2. The number of nitrogens with two attached hydrogens (primary N) is 1. The summed E-state index contributed by atoms with van der Waals surface area (Å²) in [6.45, 7) is 5.07. The van der Waals surface area contributed by atoms with Gasteiger partial charge in [0.05, 0.1) is 6.61 Å². The van der Waals surface area contributed by atoms with Gasteiger partial charge in [0.15, 0.2) is 0 Å². The van der Waals surface area contributed by atoms with Gasteiger partial charge in [-0.3, -0.25) is 0 Å². The summed E-state index contributed by atoms with van der Waals surface area (Å²) in [7, 11) is 1.61. The maximum absolute atomic E-state index is 5.81. The Balaban J connectivity index is 2.57. The van der Waals surface area contributed by atoms with Crippen LogP contribution in [0, 0.1) is 0 Å². The number of aromatic nitrogens is 2. The Morgan fingerprint density at radius 3 is 2.76 bits per heavy atom. The standard InChI is InChI=1S/C11H21N3O3/c1-4-9(16-5-2)11-13-10(17-14-11)6-8(12)7-15-3/h8-9H,4-7,12H2,1-3H3. The van der Waals surface area contributed by atoms with Gasteiger partial charge in [0.25, 0.3) is 0 Å². The molecule has 0 saturated heterocycles. The third kappa shape index (κ3) is 4.41. The number of rotatable bonds is 8.